The van der Waals surface area contributed by atoms with Gasteiger partial charge in [-0.25, -0.2) is 0 Å². The standard InChI is InChI=1S/C14H18N2O2/c1-10(6-7-15)8-16-14(17)12-9-18-13-5-3-2-4-11(12)13/h2-5,9-10H,6-8,15H2,1H3,(H,16,17). The van der Waals surface area contributed by atoms with Crippen LogP contribution in [0.2, 0.25) is 0 Å². The molecule has 1 atom stereocenters. The molecule has 0 radical (unpaired) electrons. The summed E-state index contributed by atoms with van der Waals surface area (Å²) < 4.78 is 5.34. The number of benzene rings is 1. The van der Waals surface area contributed by atoms with Gasteiger partial charge in [0.2, 0.25) is 0 Å². The molecule has 1 amide bonds. The molecule has 4 nitrogen and oxygen atoms in total. The van der Waals surface area contributed by atoms with Crippen LogP contribution in [0.4, 0.5) is 0 Å². The fourth-order valence-electron chi connectivity index (χ4n) is 1.90. The van der Waals surface area contributed by atoms with Crippen LogP contribution >= 0.6 is 0 Å². The van der Waals surface area contributed by atoms with Crippen molar-refractivity contribution in [2.24, 2.45) is 11.7 Å². The number of nitrogens with one attached hydrogen (secondary N) is 1. The fraction of sp³-hybridized carbons (Fsp3) is 0.357. The second-order valence-corrected chi connectivity index (χ2v) is 4.54. The highest BCUT2D eigenvalue weighted by Crippen LogP contribution is 2.20. The lowest BCUT2D eigenvalue weighted by molar-refractivity contribution is 0.0948. The normalized spacial score (nSPS) is 12.6. The summed E-state index contributed by atoms with van der Waals surface area (Å²) in [5.41, 5.74) is 6.80. The molecular formula is C14H18N2O2. The van der Waals surface area contributed by atoms with E-state index in [1.807, 2.05) is 24.3 Å². The molecule has 18 heavy (non-hydrogen) atoms. The zero-order valence-electron chi connectivity index (χ0n) is 10.5. The van der Waals surface area contributed by atoms with E-state index in [-0.39, 0.29) is 5.91 Å². The van der Waals surface area contributed by atoms with Crippen LogP contribution in [0.3, 0.4) is 0 Å². The first kappa shape index (κ1) is 12.6. The van der Waals surface area contributed by atoms with E-state index in [0.717, 1.165) is 17.4 Å². The second-order valence-electron chi connectivity index (χ2n) is 4.54. The van der Waals surface area contributed by atoms with E-state index in [0.29, 0.717) is 24.6 Å². The maximum Gasteiger partial charge on any atom is 0.255 e. The lowest BCUT2D eigenvalue weighted by Crippen LogP contribution is -2.28. The maximum atomic E-state index is 12.0. The van der Waals surface area contributed by atoms with Crippen LogP contribution in [0.1, 0.15) is 23.7 Å². The SMILES string of the molecule is CC(CCN)CNC(=O)c1coc2ccccc12. The van der Waals surface area contributed by atoms with Crippen molar-refractivity contribution < 1.29 is 9.21 Å². The highest BCUT2D eigenvalue weighted by molar-refractivity contribution is 6.05. The van der Waals surface area contributed by atoms with Crippen molar-refractivity contribution in [3.8, 4) is 0 Å². The Kier molecular flexibility index (Phi) is 3.99. The Labute approximate surface area is 106 Å². The quantitative estimate of drug-likeness (QED) is 0.849. The van der Waals surface area contributed by atoms with Crippen molar-refractivity contribution in [2.75, 3.05) is 13.1 Å². The smallest absolute Gasteiger partial charge is 0.255 e. The van der Waals surface area contributed by atoms with Gasteiger partial charge in [0, 0.05) is 11.9 Å². The van der Waals surface area contributed by atoms with Crippen molar-refractivity contribution in [1.29, 1.82) is 0 Å². The molecule has 2 aromatic rings. The molecule has 0 saturated heterocycles. The minimum atomic E-state index is -0.0937. The molecule has 4 heteroatoms. The monoisotopic (exact) mass is 246 g/mol. The molecule has 3 N–H and O–H groups in total. The van der Waals surface area contributed by atoms with E-state index in [9.17, 15) is 4.79 Å². The molecule has 1 aromatic heterocycles. The van der Waals surface area contributed by atoms with Crippen molar-refractivity contribution in [2.45, 2.75) is 13.3 Å². The minimum Gasteiger partial charge on any atom is -0.463 e. The van der Waals surface area contributed by atoms with Crippen molar-refractivity contribution in [3.05, 3.63) is 36.1 Å². The van der Waals surface area contributed by atoms with Gasteiger partial charge in [0.25, 0.3) is 5.91 Å². The molecule has 1 heterocycles. The molecule has 0 spiro atoms. The van der Waals surface area contributed by atoms with Crippen LogP contribution in [0.15, 0.2) is 34.9 Å². The maximum absolute atomic E-state index is 12.0. The van der Waals surface area contributed by atoms with Crippen molar-refractivity contribution >= 4 is 16.9 Å². The van der Waals surface area contributed by atoms with E-state index >= 15 is 0 Å². The predicted octanol–water partition coefficient (Wildman–Crippen LogP) is 2.15. The number of rotatable bonds is 5. The lowest BCUT2D eigenvalue weighted by atomic mass is 10.1. The Hall–Kier alpha value is -1.81. The first-order valence-electron chi connectivity index (χ1n) is 6.17. The van der Waals surface area contributed by atoms with Gasteiger partial charge in [-0.1, -0.05) is 25.1 Å². The number of fused-ring (bicyclic) bond motifs is 1. The third-order valence-electron chi connectivity index (χ3n) is 3.00. The molecule has 0 fully saturated rings. The highest BCUT2D eigenvalue weighted by atomic mass is 16.3. The number of carbonyl (C=O) groups excluding carboxylic acids is 1. The predicted molar refractivity (Wildman–Crippen MR) is 71.4 cm³/mol. The first-order valence-corrected chi connectivity index (χ1v) is 6.17. The first-order chi connectivity index (χ1) is 8.72. The van der Waals surface area contributed by atoms with Gasteiger partial charge in [0.1, 0.15) is 11.8 Å². The summed E-state index contributed by atoms with van der Waals surface area (Å²) in [4.78, 5) is 12.0. The van der Waals surface area contributed by atoms with Crippen LogP contribution < -0.4 is 11.1 Å². The van der Waals surface area contributed by atoms with Crippen LogP contribution in [0.5, 0.6) is 0 Å². The third-order valence-corrected chi connectivity index (χ3v) is 3.00. The zero-order valence-corrected chi connectivity index (χ0v) is 10.5. The molecular weight excluding hydrogens is 228 g/mol. The topological polar surface area (TPSA) is 68.3 Å². The number of nitrogens with two attached hydrogens (primary N) is 1. The summed E-state index contributed by atoms with van der Waals surface area (Å²) in [6.45, 7) is 3.35. The number of furan rings is 1. The Balaban J connectivity index is 2.05. The molecule has 0 bridgehead atoms. The van der Waals surface area contributed by atoms with Crippen LogP contribution in [0, 0.1) is 5.92 Å². The number of carbonyl (C=O) groups is 1. The van der Waals surface area contributed by atoms with Gasteiger partial charge in [0.15, 0.2) is 0 Å². The molecule has 0 saturated carbocycles. The molecule has 1 unspecified atom stereocenters. The van der Waals surface area contributed by atoms with Gasteiger partial charge >= 0.3 is 0 Å². The molecule has 2 rings (SSSR count). The van der Waals surface area contributed by atoms with E-state index in [1.165, 1.54) is 6.26 Å². The zero-order chi connectivity index (χ0) is 13.0. The van der Waals surface area contributed by atoms with Crippen LogP contribution in [0.25, 0.3) is 11.0 Å². The number of para-hydroxylation sites is 1. The molecule has 0 aliphatic heterocycles. The van der Waals surface area contributed by atoms with Gasteiger partial charge in [-0.05, 0) is 24.9 Å². The van der Waals surface area contributed by atoms with E-state index in [2.05, 4.69) is 12.2 Å². The van der Waals surface area contributed by atoms with E-state index in [1.54, 1.807) is 0 Å². The average molecular weight is 246 g/mol. The minimum absolute atomic E-state index is 0.0937. The Bertz CT molecular complexity index is 533. The fourth-order valence-corrected chi connectivity index (χ4v) is 1.90. The Morgan fingerprint density at radius 1 is 1.44 bits per heavy atom. The summed E-state index contributed by atoms with van der Waals surface area (Å²) in [5.74, 6) is 0.293. The van der Waals surface area contributed by atoms with Gasteiger partial charge in [-0.2, -0.15) is 0 Å². The number of amides is 1. The number of hydrogen-bond acceptors (Lipinski definition) is 3. The van der Waals surface area contributed by atoms with Gasteiger partial charge in [-0.3, -0.25) is 4.79 Å². The average Bonchev–Trinajstić information content (AvgIpc) is 2.80. The van der Waals surface area contributed by atoms with Gasteiger partial charge in [0.05, 0.1) is 5.56 Å². The van der Waals surface area contributed by atoms with Gasteiger partial charge < -0.3 is 15.5 Å². The summed E-state index contributed by atoms with van der Waals surface area (Å²) >= 11 is 0. The van der Waals surface area contributed by atoms with Crippen molar-refractivity contribution in [1.82, 2.24) is 5.32 Å². The van der Waals surface area contributed by atoms with E-state index in [4.69, 9.17) is 10.2 Å². The molecule has 96 valence electrons. The van der Waals surface area contributed by atoms with Crippen LogP contribution in [-0.2, 0) is 0 Å². The summed E-state index contributed by atoms with van der Waals surface area (Å²) in [6, 6.07) is 7.52. The Morgan fingerprint density at radius 2 is 2.22 bits per heavy atom. The Morgan fingerprint density at radius 3 is 3.00 bits per heavy atom. The third kappa shape index (κ3) is 2.71. The second kappa shape index (κ2) is 5.69. The van der Waals surface area contributed by atoms with Crippen molar-refractivity contribution in [3.63, 3.8) is 0 Å². The summed E-state index contributed by atoms with van der Waals surface area (Å²) in [5, 5.41) is 3.76. The van der Waals surface area contributed by atoms with Crippen LogP contribution in [-0.4, -0.2) is 19.0 Å². The lowest BCUT2D eigenvalue weighted by Gasteiger charge is -2.10. The molecule has 0 aliphatic rings. The molecule has 0 aliphatic carbocycles. The summed E-state index contributed by atoms with van der Waals surface area (Å²) in [6.07, 6.45) is 2.42. The molecule has 1 aromatic carbocycles. The summed E-state index contributed by atoms with van der Waals surface area (Å²) in [7, 11) is 0. The van der Waals surface area contributed by atoms with E-state index < -0.39 is 0 Å². The highest BCUT2D eigenvalue weighted by Gasteiger charge is 2.13. The van der Waals surface area contributed by atoms with Gasteiger partial charge in [-0.15, -0.1) is 0 Å². The largest absolute Gasteiger partial charge is 0.463 e. The number of hydrogen-bond donors (Lipinski definition) is 2.